The van der Waals surface area contributed by atoms with Crippen LogP contribution < -0.4 is 5.32 Å². The molecular weight excluding hydrogens is 198 g/mol. The van der Waals surface area contributed by atoms with Crippen LogP contribution in [0.1, 0.15) is 41.5 Å². The molecule has 0 aliphatic carbocycles. The number of ether oxygens (including phenoxy) is 1. The Morgan fingerprint density at radius 3 is 1.93 bits per heavy atom. The van der Waals surface area contributed by atoms with E-state index in [0.29, 0.717) is 0 Å². The topological polar surface area (TPSA) is 21.3 Å². The quantitative estimate of drug-likeness (QED) is 0.679. The Labute approximate surface area is 94.2 Å². The van der Waals surface area contributed by atoms with Crippen LogP contribution in [-0.4, -0.2) is 18.9 Å². The molecule has 0 amide bonds. The predicted octanol–water partition coefficient (Wildman–Crippen LogP) is 2.82. The van der Waals surface area contributed by atoms with Crippen molar-refractivity contribution in [3.8, 4) is 0 Å². The second-order valence-electron chi connectivity index (χ2n) is 6.09. The lowest BCUT2D eigenvalue weighted by atomic mass is 9.81. The van der Waals surface area contributed by atoms with Crippen LogP contribution in [0.25, 0.3) is 0 Å². The van der Waals surface area contributed by atoms with Crippen LogP contribution in [0.15, 0.2) is 0 Å². The van der Waals surface area contributed by atoms with Gasteiger partial charge in [-0.25, -0.2) is 0 Å². The van der Waals surface area contributed by atoms with Gasteiger partial charge < -0.3 is 4.74 Å². The molecule has 2 nitrogen and oxygen atoms in total. The minimum atomic E-state index is -0.178. The van der Waals surface area contributed by atoms with Crippen molar-refractivity contribution in [3.63, 3.8) is 0 Å². The minimum Gasteiger partial charge on any atom is -0.360 e. The Bertz CT molecular complexity index is 186. The molecule has 0 radical (unpaired) electrons. The fraction of sp³-hybridized carbons (Fsp3) is 1.00. The fourth-order valence-corrected chi connectivity index (χ4v) is 1.33. The van der Waals surface area contributed by atoms with Crippen molar-refractivity contribution in [2.24, 2.45) is 10.8 Å². The zero-order valence-electron chi connectivity index (χ0n) is 10.2. The van der Waals surface area contributed by atoms with Gasteiger partial charge in [-0.15, -0.1) is 12.4 Å². The Morgan fingerprint density at radius 2 is 1.64 bits per heavy atom. The molecular formula is C11H24ClNO. The van der Waals surface area contributed by atoms with Crippen LogP contribution in [0.4, 0.5) is 0 Å². The van der Waals surface area contributed by atoms with Gasteiger partial charge >= 0.3 is 0 Å². The molecule has 1 aliphatic heterocycles. The maximum Gasteiger partial charge on any atom is 0.121 e. The first-order chi connectivity index (χ1) is 5.66. The third kappa shape index (κ3) is 2.85. The number of hydrogen-bond acceptors (Lipinski definition) is 2. The SMILES string of the molecule is CC1(C)CNC(C)(C(C)(C)C)OC1.Cl. The third-order valence-electron chi connectivity index (χ3n) is 3.09. The highest BCUT2D eigenvalue weighted by Crippen LogP contribution is 2.36. The zero-order valence-corrected chi connectivity index (χ0v) is 11.0. The first-order valence-corrected chi connectivity index (χ1v) is 5.05. The van der Waals surface area contributed by atoms with E-state index < -0.39 is 0 Å². The predicted molar refractivity (Wildman–Crippen MR) is 62.8 cm³/mol. The zero-order chi connectivity index (χ0) is 10.3. The van der Waals surface area contributed by atoms with E-state index in [1.165, 1.54) is 0 Å². The highest BCUT2D eigenvalue weighted by Gasteiger charge is 2.43. The van der Waals surface area contributed by atoms with Crippen LogP contribution in [0, 0.1) is 10.8 Å². The van der Waals surface area contributed by atoms with Crippen molar-refractivity contribution in [1.82, 2.24) is 5.32 Å². The maximum absolute atomic E-state index is 5.93. The molecule has 1 fully saturated rings. The van der Waals surface area contributed by atoms with Crippen LogP contribution in [0.5, 0.6) is 0 Å². The number of nitrogens with one attached hydrogen (secondary N) is 1. The van der Waals surface area contributed by atoms with Gasteiger partial charge in [-0.05, 0) is 6.92 Å². The lowest BCUT2D eigenvalue weighted by Gasteiger charge is -2.49. The summed E-state index contributed by atoms with van der Waals surface area (Å²) < 4.78 is 5.93. The van der Waals surface area contributed by atoms with Crippen LogP contribution in [-0.2, 0) is 4.74 Å². The van der Waals surface area contributed by atoms with E-state index in [1.54, 1.807) is 0 Å². The van der Waals surface area contributed by atoms with E-state index in [2.05, 4.69) is 46.9 Å². The second-order valence-corrected chi connectivity index (χ2v) is 6.09. The lowest BCUT2D eigenvalue weighted by Crippen LogP contribution is -2.62. The standard InChI is InChI=1S/C11H23NO.ClH/c1-9(2,3)11(6)12-7-10(4,5)8-13-11;/h12H,7-8H2,1-6H3;1H. The van der Waals surface area contributed by atoms with Crippen molar-refractivity contribution in [1.29, 1.82) is 0 Å². The Kier molecular flexibility index (Phi) is 4.05. The normalized spacial score (nSPS) is 32.1. The van der Waals surface area contributed by atoms with E-state index >= 15 is 0 Å². The van der Waals surface area contributed by atoms with Gasteiger partial charge in [0.1, 0.15) is 5.72 Å². The molecule has 0 aromatic rings. The largest absolute Gasteiger partial charge is 0.360 e. The fourth-order valence-electron chi connectivity index (χ4n) is 1.33. The summed E-state index contributed by atoms with van der Waals surface area (Å²) in [5.41, 5.74) is 0.233. The van der Waals surface area contributed by atoms with Crippen molar-refractivity contribution in [2.75, 3.05) is 13.2 Å². The van der Waals surface area contributed by atoms with E-state index in [-0.39, 0.29) is 29.0 Å². The monoisotopic (exact) mass is 221 g/mol. The number of rotatable bonds is 0. The van der Waals surface area contributed by atoms with Gasteiger partial charge in [-0.3, -0.25) is 5.32 Å². The molecule has 1 heterocycles. The minimum absolute atomic E-state index is 0. The summed E-state index contributed by atoms with van der Waals surface area (Å²) in [5.74, 6) is 0. The second kappa shape index (κ2) is 3.99. The smallest absolute Gasteiger partial charge is 0.121 e. The Hall–Kier alpha value is 0.210. The number of hydrogen-bond donors (Lipinski definition) is 1. The van der Waals surface area contributed by atoms with Gasteiger partial charge in [0.25, 0.3) is 0 Å². The van der Waals surface area contributed by atoms with Gasteiger partial charge in [0.2, 0.25) is 0 Å². The molecule has 0 spiro atoms. The third-order valence-corrected chi connectivity index (χ3v) is 3.09. The molecule has 0 aromatic heterocycles. The molecule has 1 unspecified atom stereocenters. The summed E-state index contributed by atoms with van der Waals surface area (Å²) in [7, 11) is 0. The van der Waals surface area contributed by atoms with Crippen LogP contribution >= 0.6 is 12.4 Å². The molecule has 3 heteroatoms. The molecule has 0 aromatic carbocycles. The first kappa shape index (κ1) is 14.2. The van der Waals surface area contributed by atoms with Gasteiger partial charge in [-0.1, -0.05) is 34.6 Å². The van der Waals surface area contributed by atoms with E-state index in [4.69, 9.17) is 4.74 Å². The van der Waals surface area contributed by atoms with Gasteiger partial charge in [0.05, 0.1) is 6.61 Å². The molecule has 14 heavy (non-hydrogen) atoms. The molecule has 1 saturated heterocycles. The highest BCUT2D eigenvalue weighted by atomic mass is 35.5. The van der Waals surface area contributed by atoms with Crippen molar-refractivity contribution >= 4 is 12.4 Å². The summed E-state index contributed by atoms with van der Waals surface area (Å²) in [6.45, 7) is 15.1. The van der Waals surface area contributed by atoms with Crippen LogP contribution in [0.2, 0.25) is 0 Å². The summed E-state index contributed by atoms with van der Waals surface area (Å²) in [6.07, 6.45) is 0. The average Bonchev–Trinajstić information content (AvgIpc) is 1.94. The molecule has 0 bridgehead atoms. The first-order valence-electron chi connectivity index (χ1n) is 5.05. The lowest BCUT2D eigenvalue weighted by molar-refractivity contribution is -0.179. The van der Waals surface area contributed by atoms with Gasteiger partial charge in [0, 0.05) is 17.4 Å². The van der Waals surface area contributed by atoms with E-state index in [0.717, 1.165) is 13.2 Å². The number of halogens is 1. The van der Waals surface area contributed by atoms with E-state index in [9.17, 15) is 0 Å². The summed E-state index contributed by atoms with van der Waals surface area (Å²) >= 11 is 0. The van der Waals surface area contributed by atoms with Gasteiger partial charge in [-0.2, -0.15) is 0 Å². The Balaban J connectivity index is 0.00000169. The molecule has 86 valence electrons. The molecule has 1 atom stereocenters. The molecule has 1 aliphatic rings. The van der Waals surface area contributed by atoms with Crippen molar-refractivity contribution in [3.05, 3.63) is 0 Å². The maximum atomic E-state index is 5.93. The van der Waals surface area contributed by atoms with Crippen molar-refractivity contribution < 1.29 is 4.74 Å². The summed E-state index contributed by atoms with van der Waals surface area (Å²) in [6, 6.07) is 0. The summed E-state index contributed by atoms with van der Waals surface area (Å²) in [5, 5.41) is 3.50. The molecule has 1 rings (SSSR count). The average molecular weight is 222 g/mol. The van der Waals surface area contributed by atoms with E-state index in [1.807, 2.05) is 0 Å². The van der Waals surface area contributed by atoms with Gasteiger partial charge in [0.15, 0.2) is 0 Å². The highest BCUT2D eigenvalue weighted by molar-refractivity contribution is 5.85. The van der Waals surface area contributed by atoms with Crippen LogP contribution in [0.3, 0.4) is 0 Å². The summed E-state index contributed by atoms with van der Waals surface area (Å²) in [4.78, 5) is 0. The molecule has 0 saturated carbocycles. The Morgan fingerprint density at radius 1 is 1.14 bits per heavy atom. The molecule has 1 N–H and O–H groups in total. The van der Waals surface area contributed by atoms with Crippen molar-refractivity contribution in [2.45, 2.75) is 47.3 Å².